The lowest BCUT2D eigenvalue weighted by molar-refractivity contribution is -0.123. The average Bonchev–Trinajstić information content (AvgIpc) is 3.40. The van der Waals surface area contributed by atoms with Crippen molar-refractivity contribution < 1.29 is 14.3 Å². The van der Waals surface area contributed by atoms with E-state index in [9.17, 15) is 9.59 Å². The molecular weight excluding hydrogens is 340 g/mol. The van der Waals surface area contributed by atoms with E-state index < -0.39 is 12.1 Å². The molecule has 1 fully saturated rings. The van der Waals surface area contributed by atoms with E-state index in [-0.39, 0.29) is 5.91 Å². The lowest BCUT2D eigenvalue weighted by atomic mass is 10.0. The number of benzene rings is 1. The maximum absolute atomic E-state index is 12.5. The molecule has 1 saturated carbocycles. The minimum atomic E-state index is -0.869. The molecule has 1 aliphatic rings. The fourth-order valence-corrected chi connectivity index (χ4v) is 3.35. The molecule has 0 radical (unpaired) electrons. The molecular formula is C22H28N2O3. The van der Waals surface area contributed by atoms with Gasteiger partial charge in [-0.15, -0.1) is 0 Å². The van der Waals surface area contributed by atoms with E-state index in [1.807, 2.05) is 44.2 Å². The number of anilines is 1. The molecule has 0 spiro atoms. The topological polar surface area (TPSA) is 60.3 Å². The second-order valence-corrected chi connectivity index (χ2v) is 7.70. The first kappa shape index (κ1) is 19.2. The molecule has 1 N–H and O–H groups in total. The van der Waals surface area contributed by atoms with Gasteiger partial charge in [-0.2, -0.15) is 0 Å². The molecule has 1 amide bonds. The van der Waals surface area contributed by atoms with Gasteiger partial charge in [0.15, 0.2) is 6.10 Å². The number of carbonyl (C=O) groups excluding carboxylic acids is 2. The molecule has 27 heavy (non-hydrogen) atoms. The standard InChI is InChI=1S/C22H28N2O3/c1-13(2)17-6-8-18(9-7-17)23-21(25)16(5)27-22(26)20-12-14(3)24(15(20)4)19-10-11-19/h6-9,12-13,16,19H,10-11H2,1-5H3,(H,23,25)/t16-/m1/s1. The number of amides is 1. The molecule has 1 aliphatic carbocycles. The highest BCUT2D eigenvalue weighted by Gasteiger charge is 2.29. The van der Waals surface area contributed by atoms with Gasteiger partial charge in [0.25, 0.3) is 5.91 Å². The van der Waals surface area contributed by atoms with E-state index in [4.69, 9.17) is 4.74 Å². The predicted octanol–water partition coefficient (Wildman–Crippen LogP) is 4.75. The number of nitrogens with one attached hydrogen (secondary N) is 1. The Morgan fingerprint density at radius 2 is 1.74 bits per heavy atom. The molecule has 0 saturated heterocycles. The summed E-state index contributed by atoms with van der Waals surface area (Å²) in [5.41, 5.74) is 4.42. The van der Waals surface area contributed by atoms with Crippen molar-refractivity contribution in [3.8, 4) is 0 Å². The maximum Gasteiger partial charge on any atom is 0.340 e. The summed E-state index contributed by atoms with van der Waals surface area (Å²) in [4.78, 5) is 24.9. The molecule has 1 aromatic heterocycles. The van der Waals surface area contributed by atoms with Crippen LogP contribution in [0.3, 0.4) is 0 Å². The lowest BCUT2D eigenvalue weighted by Gasteiger charge is -2.14. The predicted molar refractivity (Wildman–Crippen MR) is 106 cm³/mol. The van der Waals surface area contributed by atoms with Crippen LogP contribution in [0.25, 0.3) is 0 Å². The first-order valence-electron chi connectivity index (χ1n) is 9.58. The Bertz CT molecular complexity index is 845. The van der Waals surface area contributed by atoms with Crippen molar-refractivity contribution in [1.29, 1.82) is 0 Å². The number of aromatic nitrogens is 1. The van der Waals surface area contributed by atoms with E-state index >= 15 is 0 Å². The van der Waals surface area contributed by atoms with Crippen molar-refractivity contribution in [3.05, 3.63) is 52.8 Å². The molecule has 0 unspecified atom stereocenters. The Kier molecular flexibility index (Phi) is 5.40. The van der Waals surface area contributed by atoms with Gasteiger partial charge in [0, 0.05) is 23.1 Å². The largest absolute Gasteiger partial charge is 0.449 e. The molecule has 144 valence electrons. The van der Waals surface area contributed by atoms with Crippen LogP contribution >= 0.6 is 0 Å². The quantitative estimate of drug-likeness (QED) is 0.749. The Labute approximate surface area is 160 Å². The number of nitrogens with zero attached hydrogens (tertiary/aromatic N) is 1. The molecule has 5 heteroatoms. The van der Waals surface area contributed by atoms with E-state index in [1.54, 1.807) is 6.92 Å². The molecule has 1 heterocycles. The Hall–Kier alpha value is -2.56. The summed E-state index contributed by atoms with van der Waals surface area (Å²) >= 11 is 0. The van der Waals surface area contributed by atoms with Crippen molar-refractivity contribution in [2.75, 3.05) is 5.32 Å². The second-order valence-electron chi connectivity index (χ2n) is 7.70. The van der Waals surface area contributed by atoms with Gasteiger partial charge in [0.2, 0.25) is 0 Å². The smallest absolute Gasteiger partial charge is 0.340 e. The van der Waals surface area contributed by atoms with Crippen LogP contribution in [0.15, 0.2) is 30.3 Å². The molecule has 1 aromatic carbocycles. The van der Waals surface area contributed by atoms with Gasteiger partial charge in [-0.3, -0.25) is 4.79 Å². The maximum atomic E-state index is 12.5. The van der Waals surface area contributed by atoms with Crippen LogP contribution in [0.2, 0.25) is 0 Å². The van der Waals surface area contributed by atoms with E-state index in [2.05, 4.69) is 23.7 Å². The Morgan fingerprint density at radius 3 is 2.30 bits per heavy atom. The molecule has 5 nitrogen and oxygen atoms in total. The highest BCUT2D eigenvalue weighted by atomic mass is 16.5. The lowest BCUT2D eigenvalue weighted by Crippen LogP contribution is -2.30. The van der Waals surface area contributed by atoms with Crippen molar-refractivity contribution in [3.63, 3.8) is 0 Å². The van der Waals surface area contributed by atoms with Crippen LogP contribution in [0.4, 0.5) is 5.69 Å². The fourth-order valence-electron chi connectivity index (χ4n) is 3.35. The zero-order valence-corrected chi connectivity index (χ0v) is 16.7. The number of rotatable bonds is 6. The van der Waals surface area contributed by atoms with Crippen molar-refractivity contribution >= 4 is 17.6 Å². The first-order valence-corrected chi connectivity index (χ1v) is 9.58. The highest BCUT2D eigenvalue weighted by Crippen LogP contribution is 2.38. The number of carbonyl (C=O) groups is 2. The molecule has 2 aromatic rings. The van der Waals surface area contributed by atoms with Crippen molar-refractivity contribution in [2.45, 2.75) is 65.5 Å². The zero-order valence-electron chi connectivity index (χ0n) is 16.7. The summed E-state index contributed by atoms with van der Waals surface area (Å²) in [5, 5.41) is 2.80. The van der Waals surface area contributed by atoms with Gasteiger partial charge in [-0.05, 0) is 63.3 Å². The third-order valence-electron chi connectivity index (χ3n) is 5.11. The van der Waals surface area contributed by atoms with E-state index in [0.717, 1.165) is 24.2 Å². The number of esters is 1. The first-order chi connectivity index (χ1) is 12.8. The summed E-state index contributed by atoms with van der Waals surface area (Å²) in [5.74, 6) is -0.353. The van der Waals surface area contributed by atoms with E-state index in [1.165, 1.54) is 5.56 Å². The van der Waals surface area contributed by atoms with Crippen LogP contribution in [-0.4, -0.2) is 22.5 Å². The minimum Gasteiger partial charge on any atom is -0.449 e. The van der Waals surface area contributed by atoms with E-state index in [0.29, 0.717) is 23.2 Å². The van der Waals surface area contributed by atoms with Crippen molar-refractivity contribution in [1.82, 2.24) is 4.57 Å². The normalized spacial score (nSPS) is 14.9. The molecule has 0 aliphatic heterocycles. The average molecular weight is 368 g/mol. The number of hydrogen-bond acceptors (Lipinski definition) is 3. The SMILES string of the molecule is Cc1cc(C(=O)O[C@H](C)C(=O)Nc2ccc(C(C)C)cc2)c(C)n1C1CC1. The Balaban J connectivity index is 1.62. The van der Waals surface area contributed by atoms with Crippen LogP contribution in [0.5, 0.6) is 0 Å². The van der Waals surface area contributed by atoms with Gasteiger partial charge in [-0.25, -0.2) is 4.79 Å². The summed E-state index contributed by atoms with van der Waals surface area (Å²) < 4.78 is 7.61. The highest BCUT2D eigenvalue weighted by molar-refractivity contribution is 5.97. The fraction of sp³-hybridized carbons (Fsp3) is 0.455. The van der Waals surface area contributed by atoms with Crippen LogP contribution in [0, 0.1) is 13.8 Å². The van der Waals surface area contributed by atoms with Crippen LogP contribution in [-0.2, 0) is 9.53 Å². The van der Waals surface area contributed by atoms with Gasteiger partial charge < -0.3 is 14.6 Å². The summed E-state index contributed by atoms with van der Waals surface area (Å²) in [6, 6.07) is 10.1. The monoisotopic (exact) mass is 368 g/mol. The third-order valence-corrected chi connectivity index (χ3v) is 5.11. The van der Waals surface area contributed by atoms with Gasteiger partial charge in [-0.1, -0.05) is 26.0 Å². The summed E-state index contributed by atoms with van der Waals surface area (Å²) in [7, 11) is 0. The molecule has 1 atom stereocenters. The molecule has 3 rings (SSSR count). The van der Waals surface area contributed by atoms with Gasteiger partial charge in [0.05, 0.1) is 5.56 Å². The second kappa shape index (κ2) is 7.59. The van der Waals surface area contributed by atoms with Gasteiger partial charge in [0.1, 0.15) is 0 Å². The summed E-state index contributed by atoms with van der Waals surface area (Å²) in [6.07, 6.45) is 1.43. The van der Waals surface area contributed by atoms with Gasteiger partial charge >= 0.3 is 5.97 Å². The summed E-state index contributed by atoms with van der Waals surface area (Å²) in [6.45, 7) is 9.77. The van der Waals surface area contributed by atoms with Crippen LogP contribution < -0.4 is 5.32 Å². The minimum absolute atomic E-state index is 0.336. The third kappa shape index (κ3) is 4.24. The number of aryl methyl sites for hydroxylation is 1. The number of ether oxygens (including phenoxy) is 1. The zero-order chi connectivity index (χ0) is 19.7. The van der Waals surface area contributed by atoms with Crippen LogP contribution in [0.1, 0.15) is 72.9 Å². The number of hydrogen-bond donors (Lipinski definition) is 1. The Morgan fingerprint density at radius 1 is 1.11 bits per heavy atom. The van der Waals surface area contributed by atoms with Crippen molar-refractivity contribution in [2.24, 2.45) is 0 Å². The molecule has 0 bridgehead atoms.